The second kappa shape index (κ2) is 8.89. The molecule has 1 aliphatic heterocycles. The molecular weight excluding hydrogens is 396 g/mol. The molecule has 0 unspecified atom stereocenters. The van der Waals surface area contributed by atoms with E-state index in [2.05, 4.69) is 5.32 Å². The fraction of sp³-hybridized carbons (Fsp3) is 0.316. The molecule has 8 heteroatoms. The van der Waals surface area contributed by atoms with Gasteiger partial charge < -0.3 is 19.9 Å². The van der Waals surface area contributed by atoms with Crippen LogP contribution in [0.4, 0.5) is 4.39 Å². The number of aromatic carboxylic acids is 1. The Morgan fingerprint density at radius 3 is 2.85 bits per heavy atom. The van der Waals surface area contributed by atoms with Crippen LogP contribution in [0.3, 0.4) is 0 Å². The van der Waals surface area contributed by atoms with E-state index in [1.54, 1.807) is 12.1 Å². The van der Waals surface area contributed by atoms with Gasteiger partial charge in [0.25, 0.3) is 0 Å². The van der Waals surface area contributed by atoms with E-state index < -0.39 is 17.3 Å². The minimum Gasteiger partial charge on any atom is -0.492 e. The van der Waals surface area contributed by atoms with Gasteiger partial charge in [-0.15, -0.1) is 0 Å². The molecular formula is C19H18Cl2FNO4. The number of benzene rings is 2. The molecule has 1 saturated heterocycles. The molecule has 0 aromatic heterocycles. The van der Waals surface area contributed by atoms with Crippen molar-refractivity contribution in [1.82, 2.24) is 5.32 Å². The summed E-state index contributed by atoms with van der Waals surface area (Å²) in [5, 5.41) is 13.4. The Morgan fingerprint density at radius 2 is 2.11 bits per heavy atom. The first kappa shape index (κ1) is 19.9. The molecule has 1 heterocycles. The van der Waals surface area contributed by atoms with Crippen LogP contribution in [0.2, 0.25) is 10.0 Å². The zero-order valence-corrected chi connectivity index (χ0v) is 15.8. The maximum absolute atomic E-state index is 13.8. The van der Waals surface area contributed by atoms with Gasteiger partial charge in [0.2, 0.25) is 0 Å². The number of rotatable bonds is 5. The number of carboxylic acids is 1. The summed E-state index contributed by atoms with van der Waals surface area (Å²) in [6.07, 6.45) is -0.323. The van der Waals surface area contributed by atoms with Crippen LogP contribution < -0.4 is 10.1 Å². The van der Waals surface area contributed by atoms with Crippen LogP contribution >= 0.6 is 23.2 Å². The number of carbonyl (C=O) groups is 1. The number of hydrogen-bond acceptors (Lipinski definition) is 4. The third-order valence-corrected chi connectivity index (χ3v) is 5.06. The molecule has 1 aliphatic rings. The SMILES string of the molecule is O=C(O)c1c(F)cccc1OC[C@@H]1CNCCO[C@H]1c1ccc(Cl)c(Cl)c1. The molecule has 0 amide bonds. The second-order valence-corrected chi connectivity index (χ2v) is 6.97. The van der Waals surface area contributed by atoms with Crippen LogP contribution in [0.15, 0.2) is 36.4 Å². The molecule has 0 radical (unpaired) electrons. The Hall–Kier alpha value is -1.86. The fourth-order valence-corrected chi connectivity index (χ4v) is 3.33. The van der Waals surface area contributed by atoms with Crippen molar-refractivity contribution in [3.8, 4) is 5.75 Å². The second-order valence-electron chi connectivity index (χ2n) is 6.16. The molecule has 0 spiro atoms. The summed E-state index contributed by atoms with van der Waals surface area (Å²) in [5.74, 6) is -2.37. The smallest absolute Gasteiger partial charge is 0.342 e. The number of carboxylic acid groups (broad SMARTS) is 1. The molecule has 0 bridgehead atoms. The molecule has 0 saturated carbocycles. The molecule has 2 aromatic carbocycles. The Labute approximate surface area is 166 Å². The summed E-state index contributed by atoms with van der Waals surface area (Å²) in [4.78, 5) is 11.3. The third kappa shape index (κ3) is 4.71. The van der Waals surface area contributed by atoms with E-state index in [1.165, 1.54) is 12.1 Å². The lowest BCUT2D eigenvalue weighted by molar-refractivity contribution is 0.0151. The molecule has 2 N–H and O–H groups in total. The van der Waals surface area contributed by atoms with E-state index in [0.717, 1.165) is 11.6 Å². The van der Waals surface area contributed by atoms with Crippen molar-refractivity contribution < 1.29 is 23.8 Å². The van der Waals surface area contributed by atoms with Crippen LogP contribution in [0.25, 0.3) is 0 Å². The van der Waals surface area contributed by atoms with Crippen molar-refractivity contribution in [3.63, 3.8) is 0 Å². The standard InChI is InChI=1S/C19H18Cl2FNO4/c20-13-5-4-11(8-14(13)21)18-12(9-23-6-7-26-18)10-27-16-3-1-2-15(22)17(16)19(24)25/h1-5,8,12,18,23H,6-7,9-10H2,(H,24,25)/t12-,18-/m0/s1. The van der Waals surface area contributed by atoms with E-state index in [9.17, 15) is 14.3 Å². The van der Waals surface area contributed by atoms with Crippen molar-refractivity contribution >= 4 is 29.2 Å². The van der Waals surface area contributed by atoms with Crippen molar-refractivity contribution in [1.29, 1.82) is 0 Å². The minimum absolute atomic E-state index is 0.0142. The maximum Gasteiger partial charge on any atom is 0.342 e. The zero-order valence-electron chi connectivity index (χ0n) is 14.3. The highest BCUT2D eigenvalue weighted by Crippen LogP contribution is 2.33. The maximum atomic E-state index is 13.8. The van der Waals surface area contributed by atoms with Gasteiger partial charge in [-0.3, -0.25) is 0 Å². The summed E-state index contributed by atoms with van der Waals surface area (Å²) < 4.78 is 25.5. The molecule has 2 atom stereocenters. The molecule has 3 rings (SSSR count). The van der Waals surface area contributed by atoms with Gasteiger partial charge in [-0.05, 0) is 29.8 Å². The van der Waals surface area contributed by atoms with Crippen LogP contribution in [0.5, 0.6) is 5.75 Å². The predicted molar refractivity (Wildman–Crippen MR) is 100 cm³/mol. The first-order valence-electron chi connectivity index (χ1n) is 8.39. The van der Waals surface area contributed by atoms with Gasteiger partial charge in [0.15, 0.2) is 0 Å². The highest BCUT2D eigenvalue weighted by Gasteiger charge is 2.28. The first-order valence-corrected chi connectivity index (χ1v) is 9.15. The average molecular weight is 414 g/mol. The minimum atomic E-state index is -1.38. The van der Waals surface area contributed by atoms with E-state index in [0.29, 0.717) is 29.7 Å². The number of nitrogens with one attached hydrogen (secondary N) is 1. The lowest BCUT2D eigenvalue weighted by atomic mass is 9.96. The summed E-state index contributed by atoms with van der Waals surface area (Å²) >= 11 is 12.1. The van der Waals surface area contributed by atoms with Crippen LogP contribution in [0.1, 0.15) is 22.0 Å². The highest BCUT2D eigenvalue weighted by atomic mass is 35.5. The number of halogens is 3. The Bertz CT molecular complexity index is 833. The molecule has 1 fully saturated rings. The summed E-state index contributed by atoms with van der Waals surface area (Å²) in [6, 6.07) is 9.22. The fourth-order valence-electron chi connectivity index (χ4n) is 3.02. The van der Waals surface area contributed by atoms with E-state index in [4.69, 9.17) is 32.7 Å². The third-order valence-electron chi connectivity index (χ3n) is 4.33. The normalized spacial score (nSPS) is 20.1. The Balaban J connectivity index is 1.82. The topological polar surface area (TPSA) is 67.8 Å². The van der Waals surface area contributed by atoms with Gasteiger partial charge in [0.1, 0.15) is 17.1 Å². The highest BCUT2D eigenvalue weighted by molar-refractivity contribution is 6.42. The van der Waals surface area contributed by atoms with Crippen LogP contribution in [-0.4, -0.2) is 37.4 Å². The van der Waals surface area contributed by atoms with Crippen molar-refractivity contribution in [3.05, 3.63) is 63.4 Å². The van der Waals surface area contributed by atoms with Gasteiger partial charge in [-0.25, -0.2) is 9.18 Å². The monoisotopic (exact) mass is 413 g/mol. The van der Waals surface area contributed by atoms with E-state index in [1.807, 2.05) is 6.07 Å². The first-order chi connectivity index (χ1) is 13.0. The lowest BCUT2D eigenvalue weighted by Gasteiger charge is -2.26. The quantitative estimate of drug-likeness (QED) is 0.768. The van der Waals surface area contributed by atoms with E-state index >= 15 is 0 Å². The van der Waals surface area contributed by atoms with Gasteiger partial charge >= 0.3 is 5.97 Å². The summed E-state index contributed by atoms with van der Waals surface area (Å²) in [6.45, 7) is 1.90. The largest absolute Gasteiger partial charge is 0.492 e. The van der Waals surface area contributed by atoms with Gasteiger partial charge in [-0.1, -0.05) is 35.3 Å². The van der Waals surface area contributed by atoms with Gasteiger partial charge in [0.05, 0.1) is 29.4 Å². The molecule has 0 aliphatic carbocycles. The molecule has 27 heavy (non-hydrogen) atoms. The van der Waals surface area contributed by atoms with Crippen LogP contribution in [-0.2, 0) is 4.74 Å². The Morgan fingerprint density at radius 1 is 1.30 bits per heavy atom. The van der Waals surface area contributed by atoms with Crippen LogP contribution in [0, 0.1) is 11.7 Å². The molecule has 144 valence electrons. The molecule has 5 nitrogen and oxygen atoms in total. The molecule has 2 aromatic rings. The summed E-state index contributed by atoms with van der Waals surface area (Å²) in [5.41, 5.74) is 0.366. The Kier molecular flexibility index (Phi) is 6.55. The van der Waals surface area contributed by atoms with E-state index in [-0.39, 0.29) is 24.4 Å². The van der Waals surface area contributed by atoms with Crippen molar-refractivity contribution in [2.75, 3.05) is 26.3 Å². The van der Waals surface area contributed by atoms with Gasteiger partial charge in [0, 0.05) is 19.0 Å². The number of hydrogen-bond donors (Lipinski definition) is 2. The average Bonchev–Trinajstić information content (AvgIpc) is 2.87. The zero-order chi connectivity index (χ0) is 19.4. The van der Waals surface area contributed by atoms with Gasteiger partial charge in [-0.2, -0.15) is 0 Å². The summed E-state index contributed by atoms with van der Waals surface area (Å²) in [7, 11) is 0. The predicted octanol–water partition coefficient (Wildman–Crippen LogP) is 4.19. The van der Waals surface area contributed by atoms with Crippen molar-refractivity contribution in [2.24, 2.45) is 5.92 Å². The lowest BCUT2D eigenvalue weighted by Crippen LogP contribution is -2.29. The number of ether oxygens (including phenoxy) is 2. The van der Waals surface area contributed by atoms with Crippen molar-refractivity contribution in [2.45, 2.75) is 6.10 Å².